The zero-order valence-electron chi connectivity index (χ0n) is 14.8. The molecule has 0 bridgehead atoms. The summed E-state index contributed by atoms with van der Waals surface area (Å²) < 4.78 is 1.87. The molecule has 0 radical (unpaired) electrons. The third-order valence-corrected chi connectivity index (χ3v) is 3.61. The highest BCUT2D eigenvalue weighted by Crippen LogP contribution is 2.19. The zero-order chi connectivity index (χ0) is 16.3. The van der Waals surface area contributed by atoms with E-state index in [1.807, 2.05) is 31.5 Å². The van der Waals surface area contributed by atoms with Gasteiger partial charge in [-0.25, -0.2) is 9.67 Å². The first-order valence-corrected chi connectivity index (χ1v) is 7.80. The van der Waals surface area contributed by atoms with Gasteiger partial charge in [-0.05, 0) is 40.3 Å². The van der Waals surface area contributed by atoms with Crippen LogP contribution in [0.2, 0.25) is 0 Å². The Morgan fingerprint density at radius 3 is 2.54 bits per heavy atom. The second-order valence-electron chi connectivity index (χ2n) is 5.89. The second-order valence-corrected chi connectivity index (χ2v) is 5.89. The van der Waals surface area contributed by atoms with Gasteiger partial charge in [0.25, 0.3) is 5.91 Å². The summed E-state index contributed by atoms with van der Waals surface area (Å²) in [6.07, 6.45) is 1.76. The van der Waals surface area contributed by atoms with Gasteiger partial charge in [0.2, 0.25) is 0 Å². The minimum absolute atomic E-state index is 0. The fourth-order valence-electron chi connectivity index (χ4n) is 2.44. The molecule has 0 saturated heterocycles. The highest BCUT2D eigenvalue weighted by molar-refractivity contribution is 5.98. The van der Waals surface area contributed by atoms with Crippen LogP contribution < -0.4 is 10.6 Å². The van der Waals surface area contributed by atoms with Gasteiger partial charge in [0.15, 0.2) is 5.65 Å². The average molecular weight is 376 g/mol. The number of halogens is 2. The molecule has 6 nitrogen and oxygen atoms in total. The summed E-state index contributed by atoms with van der Waals surface area (Å²) in [5, 5.41) is 11.5. The van der Waals surface area contributed by atoms with Gasteiger partial charge in [0.1, 0.15) is 0 Å². The van der Waals surface area contributed by atoms with Gasteiger partial charge in [-0.3, -0.25) is 4.79 Å². The highest BCUT2D eigenvalue weighted by atomic mass is 35.5. The van der Waals surface area contributed by atoms with Gasteiger partial charge in [-0.15, -0.1) is 24.8 Å². The van der Waals surface area contributed by atoms with Crippen molar-refractivity contribution in [3.8, 4) is 0 Å². The number of nitrogens with zero attached hydrogens (tertiary/aromatic N) is 3. The van der Waals surface area contributed by atoms with E-state index in [2.05, 4.69) is 34.6 Å². The molecule has 0 aliphatic rings. The Kier molecular flexibility index (Phi) is 9.25. The first kappa shape index (κ1) is 22.6. The predicted octanol–water partition coefficient (Wildman–Crippen LogP) is 2.89. The summed E-state index contributed by atoms with van der Waals surface area (Å²) >= 11 is 0. The molecule has 1 amide bonds. The number of carbonyl (C=O) groups is 1. The molecule has 2 heterocycles. The number of fused-ring (bicyclic) bond motifs is 1. The van der Waals surface area contributed by atoms with Crippen molar-refractivity contribution < 1.29 is 4.79 Å². The van der Waals surface area contributed by atoms with Gasteiger partial charge in [0, 0.05) is 24.0 Å². The fourth-order valence-corrected chi connectivity index (χ4v) is 2.44. The van der Waals surface area contributed by atoms with E-state index in [4.69, 9.17) is 0 Å². The molecule has 2 aromatic heterocycles. The molecule has 0 aliphatic heterocycles. The van der Waals surface area contributed by atoms with Crippen LogP contribution in [-0.4, -0.2) is 39.8 Å². The molecule has 0 unspecified atom stereocenters. The summed E-state index contributed by atoms with van der Waals surface area (Å²) in [4.78, 5) is 16.9. The maximum atomic E-state index is 12.4. The number of nitrogens with one attached hydrogen (secondary N) is 2. The lowest BCUT2D eigenvalue weighted by Gasteiger charge is -2.14. The first-order chi connectivity index (χ1) is 10.4. The molecule has 2 rings (SSSR count). The second kappa shape index (κ2) is 9.81. The Morgan fingerprint density at radius 2 is 1.96 bits per heavy atom. The predicted molar refractivity (Wildman–Crippen MR) is 103 cm³/mol. The minimum Gasteiger partial charge on any atom is -0.350 e. The SMILES string of the molecule is CCN[C@H](C)CNC(=O)c1cc2cnn(C(C)C)c2nc1C.Cl.Cl. The van der Waals surface area contributed by atoms with Crippen LogP contribution in [0.25, 0.3) is 11.0 Å². The summed E-state index contributed by atoms with van der Waals surface area (Å²) in [7, 11) is 0. The molecule has 0 aromatic carbocycles. The number of carbonyl (C=O) groups excluding carboxylic acids is 1. The Labute approximate surface area is 155 Å². The number of amides is 1. The number of aromatic nitrogens is 3. The zero-order valence-corrected chi connectivity index (χ0v) is 16.4. The maximum Gasteiger partial charge on any atom is 0.253 e. The Morgan fingerprint density at radius 1 is 1.29 bits per heavy atom. The van der Waals surface area contributed by atoms with Crippen LogP contribution in [0.5, 0.6) is 0 Å². The molecule has 0 saturated carbocycles. The van der Waals surface area contributed by atoms with Crippen LogP contribution in [0.1, 0.15) is 49.8 Å². The van der Waals surface area contributed by atoms with E-state index in [1.54, 1.807) is 6.20 Å². The van der Waals surface area contributed by atoms with E-state index < -0.39 is 0 Å². The van der Waals surface area contributed by atoms with Gasteiger partial charge in [-0.1, -0.05) is 6.92 Å². The molecule has 2 aromatic rings. The van der Waals surface area contributed by atoms with E-state index in [0.717, 1.165) is 23.3 Å². The standard InChI is InChI=1S/C16H25N5O.2ClH/c1-6-17-11(4)8-18-16(22)14-7-13-9-19-21(10(2)3)15(13)20-12(14)5;;/h7,9-11,17H,6,8H2,1-5H3,(H,18,22);2*1H/t11-;;/m1../s1. The number of hydrogen-bond donors (Lipinski definition) is 2. The molecular formula is C16H27Cl2N5O. The number of rotatable bonds is 6. The molecule has 0 fully saturated rings. The molecule has 24 heavy (non-hydrogen) atoms. The quantitative estimate of drug-likeness (QED) is 0.813. The van der Waals surface area contributed by atoms with Crippen LogP contribution >= 0.6 is 24.8 Å². The van der Waals surface area contributed by atoms with Crippen molar-refractivity contribution >= 4 is 41.8 Å². The lowest BCUT2D eigenvalue weighted by Crippen LogP contribution is -2.39. The van der Waals surface area contributed by atoms with Crippen molar-refractivity contribution in [2.45, 2.75) is 46.7 Å². The molecule has 8 heteroatoms. The third-order valence-electron chi connectivity index (χ3n) is 3.61. The number of aryl methyl sites for hydroxylation is 1. The molecule has 0 spiro atoms. The number of likely N-dealkylation sites (N-methyl/N-ethyl adjacent to an activating group) is 1. The average Bonchev–Trinajstić information content (AvgIpc) is 2.87. The van der Waals surface area contributed by atoms with E-state index in [0.29, 0.717) is 12.1 Å². The number of hydrogen-bond acceptors (Lipinski definition) is 4. The molecule has 1 atom stereocenters. The van der Waals surface area contributed by atoms with Crippen molar-refractivity contribution in [1.29, 1.82) is 0 Å². The van der Waals surface area contributed by atoms with Crippen LogP contribution in [0, 0.1) is 6.92 Å². The topological polar surface area (TPSA) is 71.8 Å². The Hall–Kier alpha value is -1.37. The van der Waals surface area contributed by atoms with Crippen LogP contribution in [-0.2, 0) is 0 Å². The van der Waals surface area contributed by atoms with Gasteiger partial charge in [0.05, 0.1) is 17.5 Å². The van der Waals surface area contributed by atoms with Gasteiger partial charge < -0.3 is 10.6 Å². The molecule has 2 N–H and O–H groups in total. The van der Waals surface area contributed by atoms with E-state index in [1.165, 1.54) is 0 Å². The van der Waals surface area contributed by atoms with Gasteiger partial charge >= 0.3 is 0 Å². The summed E-state index contributed by atoms with van der Waals surface area (Å²) in [6, 6.07) is 2.36. The van der Waals surface area contributed by atoms with E-state index >= 15 is 0 Å². The van der Waals surface area contributed by atoms with E-state index in [-0.39, 0.29) is 42.8 Å². The van der Waals surface area contributed by atoms with Crippen LogP contribution in [0.15, 0.2) is 12.3 Å². The molecule has 0 aliphatic carbocycles. The van der Waals surface area contributed by atoms with Crippen molar-refractivity contribution in [2.24, 2.45) is 0 Å². The largest absolute Gasteiger partial charge is 0.350 e. The molecule has 136 valence electrons. The Bertz CT molecular complexity index is 672. The summed E-state index contributed by atoms with van der Waals surface area (Å²) in [5.74, 6) is -0.0889. The lowest BCUT2D eigenvalue weighted by atomic mass is 10.1. The monoisotopic (exact) mass is 375 g/mol. The van der Waals surface area contributed by atoms with Crippen molar-refractivity contribution in [2.75, 3.05) is 13.1 Å². The normalized spacial score (nSPS) is 11.8. The van der Waals surface area contributed by atoms with E-state index in [9.17, 15) is 4.79 Å². The lowest BCUT2D eigenvalue weighted by molar-refractivity contribution is 0.0949. The van der Waals surface area contributed by atoms with Crippen molar-refractivity contribution in [1.82, 2.24) is 25.4 Å². The Balaban J connectivity index is 0.00000264. The molecular weight excluding hydrogens is 349 g/mol. The fraction of sp³-hybridized carbons (Fsp3) is 0.562. The van der Waals surface area contributed by atoms with Crippen molar-refractivity contribution in [3.05, 3.63) is 23.5 Å². The highest BCUT2D eigenvalue weighted by Gasteiger charge is 2.15. The number of pyridine rings is 1. The smallest absolute Gasteiger partial charge is 0.253 e. The summed E-state index contributed by atoms with van der Waals surface area (Å²) in [5.41, 5.74) is 2.16. The summed E-state index contributed by atoms with van der Waals surface area (Å²) in [6.45, 7) is 11.6. The van der Waals surface area contributed by atoms with Crippen molar-refractivity contribution in [3.63, 3.8) is 0 Å². The first-order valence-electron chi connectivity index (χ1n) is 7.80. The van der Waals surface area contributed by atoms with Crippen LogP contribution in [0.4, 0.5) is 0 Å². The maximum absolute atomic E-state index is 12.4. The third kappa shape index (κ3) is 5.06. The minimum atomic E-state index is -0.0889. The van der Waals surface area contributed by atoms with Crippen LogP contribution in [0.3, 0.4) is 0 Å². The van der Waals surface area contributed by atoms with Gasteiger partial charge in [-0.2, -0.15) is 5.10 Å².